The molecule has 8 nitrogen and oxygen atoms in total. The van der Waals surface area contributed by atoms with Crippen LogP contribution >= 0.6 is 0 Å². The maximum Gasteiger partial charge on any atom is 0.321 e. The standard InChI is InChI=1S/C10H12O4S.C9H10O4S/c1-2-14-10(11)8-15(12,13)9-6-4-3-5-7-9;1-13-9(10)7-14(11,12)8-5-3-2-4-6-8/h3-7H,2,8H2,1H3;2-6H,7H2,1H3. The lowest BCUT2D eigenvalue weighted by molar-refractivity contribution is -0.140. The first kappa shape index (κ1) is 24.3. The number of methoxy groups -OCH3 is 1. The van der Waals surface area contributed by atoms with Gasteiger partial charge in [-0.05, 0) is 31.2 Å². The molecule has 0 aliphatic rings. The van der Waals surface area contributed by atoms with Gasteiger partial charge in [-0.1, -0.05) is 36.4 Å². The highest BCUT2D eigenvalue weighted by Crippen LogP contribution is 2.10. The summed E-state index contributed by atoms with van der Waals surface area (Å²) in [7, 11) is -5.95. The first-order valence-electron chi connectivity index (χ1n) is 8.40. The van der Waals surface area contributed by atoms with Crippen molar-refractivity contribution in [1.29, 1.82) is 0 Å². The number of rotatable bonds is 7. The zero-order valence-electron chi connectivity index (χ0n) is 16.0. The molecule has 0 saturated carbocycles. The Bertz CT molecular complexity index is 999. The number of benzene rings is 2. The van der Waals surface area contributed by atoms with Crippen molar-refractivity contribution in [2.24, 2.45) is 0 Å². The van der Waals surface area contributed by atoms with Gasteiger partial charge in [0, 0.05) is 0 Å². The molecule has 0 heterocycles. The average Bonchev–Trinajstić information content (AvgIpc) is 2.69. The van der Waals surface area contributed by atoms with E-state index in [1.807, 2.05) is 0 Å². The molecule has 0 amide bonds. The van der Waals surface area contributed by atoms with Crippen molar-refractivity contribution in [2.75, 3.05) is 25.2 Å². The van der Waals surface area contributed by atoms with Crippen molar-refractivity contribution in [1.82, 2.24) is 0 Å². The van der Waals surface area contributed by atoms with Crippen LogP contribution in [-0.4, -0.2) is 54.0 Å². The molecular formula is C19H22O8S2. The Labute approximate surface area is 170 Å². The zero-order valence-corrected chi connectivity index (χ0v) is 17.6. The van der Waals surface area contributed by atoms with Gasteiger partial charge in [0.25, 0.3) is 0 Å². The number of sulfone groups is 2. The minimum Gasteiger partial charge on any atom is -0.468 e. The summed E-state index contributed by atoms with van der Waals surface area (Å²) in [6.45, 7) is 1.82. The summed E-state index contributed by atoms with van der Waals surface area (Å²) < 4.78 is 55.1. The van der Waals surface area contributed by atoms with Gasteiger partial charge in [-0.15, -0.1) is 0 Å². The summed E-state index contributed by atoms with van der Waals surface area (Å²) in [5.74, 6) is -2.70. The molecule has 0 aliphatic heterocycles. The molecule has 2 aromatic carbocycles. The van der Waals surface area contributed by atoms with Crippen LogP contribution in [-0.2, 0) is 38.7 Å². The molecular weight excluding hydrogens is 420 g/mol. The molecule has 0 fully saturated rings. The maximum absolute atomic E-state index is 11.6. The zero-order chi connectivity index (χ0) is 21.9. The Kier molecular flexibility index (Phi) is 9.49. The summed E-state index contributed by atoms with van der Waals surface area (Å²) in [5, 5.41) is 0. The topological polar surface area (TPSA) is 121 Å². The van der Waals surface area contributed by atoms with E-state index in [0.29, 0.717) is 0 Å². The Morgan fingerprint density at radius 2 is 1.10 bits per heavy atom. The van der Waals surface area contributed by atoms with Gasteiger partial charge in [-0.3, -0.25) is 9.59 Å². The molecule has 0 atom stereocenters. The highest BCUT2D eigenvalue weighted by Gasteiger charge is 2.20. The molecule has 0 bridgehead atoms. The van der Waals surface area contributed by atoms with Gasteiger partial charge in [-0.25, -0.2) is 16.8 Å². The largest absolute Gasteiger partial charge is 0.468 e. The van der Waals surface area contributed by atoms with E-state index in [4.69, 9.17) is 0 Å². The van der Waals surface area contributed by atoms with Crippen LogP contribution in [0.25, 0.3) is 0 Å². The summed E-state index contributed by atoms with van der Waals surface area (Å²) >= 11 is 0. The SMILES string of the molecule is CCOC(=O)CS(=O)(=O)c1ccccc1.COC(=O)CS(=O)(=O)c1ccccc1. The lowest BCUT2D eigenvalue weighted by Crippen LogP contribution is -2.18. The number of hydrogen-bond acceptors (Lipinski definition) is 8. The molecule has 10 heteroatoms. The van der Waals surface area contributed by atoms with E-state index in [1.54, 1.807) is 43.3 Å². The average molecular weight is 443 g/mol. The molecule has 0 N–H and O–H groups in total. The fraction of sp³-hybridized carbons (Fsp3) is 0.263. The van der Waals surface area contributed by atoms with Crippen LogP contribution in [0.3, 0.4) is 0 Å². The third-order valence-electron chi connectivity index (χ3n) is 3.35. The van der Waals surface area contributed by atoms with Gasteiger partial charge in [0.05, 0.1) is 23.5 Å². The van der Waals surface area contributed by atoms with E-state index in [1.165, 1.54) is 24.3 Å². The van der Waals surface area contributed by atoms with Gasteiger partial charge >= 0.3 is 11.9 Å². The van der Waals surface area contributed by atoms with E-state index in [0.717, 1.165) is 7.11 Å². The molecule has 0 aliphatic carbocycles. The van der Waals surface area contributed by atoms with Crippen molar-refractivity contribution in [3.8, 4) is 0 Å². The van der Waals surface area contributed by atoms with Crippen LogP contribution in [0.5, 0.6) is 0 Å². The van der Waals surface area contributed by atoms with Crippen molar-refractivity contribution >= 4 is 31.6 Å². The molecule has 0 aromatic heterocycles. The van der Waals surface area contributed by atoms with Crippen molar-refractivity contribution in [3.63, 3.8) is 0 Å². The minimum atomic E-state index is -3.56. The van der Waals surface area contributed by atoms with E-state index >= 15 is 0 Å². The monoisotopic (exact) mass is 442 g/mol. The predicted molar refractivity (Wildman–Crippen MR) is 106 cm³/mol. The van der Waals surface area contributed by atoms with Crippen LogP contribution in [0.4, 0.5) is 0 Å². The maximum atomic E-state index is 11.6. The molecule has 29 heavy (non-hydrogen) atoms. The number of carbonyl (C=O) groups excluding carboxylic acids is 2. The van der Waals surface area contributed by atoms with Crippen LogP contribution < -0.4 is 0 Å². The Balaban J connectivity index is 0.000000291. The van der Waals surface area contributed by atoms with E-state index in [9.17, 15) is 26.4 Å². The second kappa shape index (κ2) is 11.3. The molecule has 0 spiro atoms. The summed E-state index contributed by atoms with van der Waals surface area (Å²) in [4.78, 5) is 22.1. The van der Waals surface area contributed by atoms with Crippen LogP contribution in [0, 0.1) is 0 Å². The van der Waals surface area contributed by atoms with E-state index in [2.05, 4.69) is 9.47 Å². The minimum absolute atomic E-state index is 0.130. The molecule has 158 valence electrons. The van der Waals surface area contributed by atoms with Crippen molar-refractivity contribution in [2.45, 2.75) is 16.7 Å². The quantitative estimate of drug-likeness (QED) is 0.594. The number of carbonyl (C=O) groups is 2. The fourth-order valence-corrected chi connectivity index (χ4v) is 4.29. The molecule has 2 rings (SSSR count). The molecule has 0 saturated heterocycles. The number of hydrogen-bond donors (Lipinski definition) is 0. The van der Waals surface area contributed by atoms with Gasteiger partial charge in [-0.2, -0.15) is 0 Å². The van der Waals surface area contributed by atoms with E-state index < -0.39 is 43.1 Å². The summed E-state index contributed by atoms with van der Waals surface area (Å²) in [6.07, 6.45) is 0. The Morgan fingerprint density at radius 3 is 1.45 bits per heavy atom. The van der Waals surface area contributed by atoms with Gasteiger partial charge in [0.2, 0.25) is 0 Å². The Hall–Kier alpha value is -2.72. The van der Waals surface area contributed by atoms with Crippen LogP contribution in [0.2, 0.25) is 0 Å². The third kappa shape index (κ3) is 8.44. The summed E-state index contributed by atoms with van der Waals surface area (Å²) in [6, 6.07) is 15.6. The van der Waals surface area contributed by atoms with Crippen LogP contribution in [0.15, 0.2) is 70.5 Å². The lowest BCUT2D eigenvalue weighted by Gasteiger charge is -2.03. The lowest BCUT2D eigenvalue weighted by atomic mass is 10.4. The second-order valence-corrected chi connectivity index (χ2v) is 9.50. The number of esters is 2. The third-order valence-corrected chi connectivity index (χ3v) is 6.57. The predicted octanol–water partition coefficient (Wildman–Crippen LogP) is 1.66. The first-order chi connectivity index (χ1) is 13.6. The van der Waals surface area contributed by atoms with Gasteiger partial charge in [0.1, 0.15) is 0 Å². The Morgan fingerprint density at radius 1 is 0.724 bits per heavy atom. The molecule has 0 radical (unpaired) electrons. The fourth-order valence-electron chi connectivity index (χ4n) is 1.99. The van der Waals surface area contributed by atoms with Crippen molar-refractivity contribution in [3.05, 3.63) is 60.7 Å². The molecule has 2 aromatic rings. The molecule has 0 unspecified atom stereocenters. The highest BCUT2D eigenvalue weighted by molar-refractivity contribution is 7.92. The van der Waals surface area contributed by atoms with Gasteiger partial charge in [0.15, 0.2) is 31.2 Å². The van der Waals surface area contributed by atoms with E-state index in [-0.39, 0.29) is 16.4 Å². The second-order valence-electron chi connectivity index (χ2n) is 5.53. The van der Waals surface area contributed by atoms with Crippen molar-refractivity contribution < 1.29 is 35.9 Å². The highest BCUT2D eigenvalue weighted by atomic mass is 32.2. The van der Waals surface area contributed by atoms with Gasteiger partial charge < -0.3 is 9.47 Å². The first-order valence-corrected chi connectivity index (χ1v) is 11.7. The van der Waals surface area contributed by atoms with Crippen LogP contribution in [0.1, 0.15) is 6.92 Å². The summed E-state index contributed by atoms with van der Waals surface area (Å²) in [5.41, 5.74) is 0. The smallest absolute Gasteiger partial charge is 0.321 e. The number of ether oxygens (including phenoxy) is 2. The normalized spacial score (nSPS) is 11.0.